The van der Waals surface area contributed by atoms with Crippen LogP contribution in [-0.2, 0) is 9.47 Å². The summed E-state index contributed by atoms with van der Waals surface area (Å²) in [5, 5.41) is 0. The van der Waals surface area contributed by atoms with Crippen molar-refractivity contribution in [3.63, 3.8) is 0 Å². The van der Waals surface area contributed by atoms with E-state index in [1.807, 2.05) is 6.92 Å². The van der Waals surface area contributed by atoms with Crippen LogP contribution in [0.1, 0.15) is 26.5 Å². The molecule has 0 saturated heterocycles. The molecule has 1 aromatic rings. The van der Waals surface area contributed by atoms with Crippen LogP contribution in [0.15, 0.2) is 21.9 Å². The Morgan fingerprint density at radius 2 is 2.18 bits per heavy atom. The van der Waals surface area contributed by atoms with Gasteiger partial charge in [0.25, 0.3) is 5.56 Å². The summed E-state index contributed by atoms with van der Waals surface area (Å²) in [5.74, 6) is 0. The van der Waals surface area contributed by atoms with E-state index in [0.717, 1.165) is 6.42 Å². The van der Waals surface area contributed by atoms with Gasteiger partial charge >= 0.3 is 5.69 Å². The molecule has 2 unspecified atom stereocenters. The van der Waals surface area contributed by atoms with Crippen LogP contribution in [0.4, 0.5) is 0 Å². The van der Waals surface area contributed by atoms with Gasteiger partial charge in [-0.2, -0.15) is 0 Å². The van der Waals surface area contributed by atoms with Crippen molar-refractivity contribution in [1.82, 2.24) is 9.55 Å². The van der Waals surface area contributed by atoms with Gasteiger partial charge in [0, 0.05) is 19.4 Å². The van der Waals surface area contributed by atoms with E-state index in [-0.39, 0.29) is 6.10 Å². The van der Waals surface area contributed by atoms with Gasteiger partial charge in [-0.15, -0.1) is 0 Å². The van der Waals surface area contributed by atoms with Crippen molar-refractivity contribution >= 4 is 0 Å². The molecule has 6 nitrogen and oxygen atoms in total. The van der Waals surface area contributed by atoms with Crippen LogP contribution in [0.25, 0.3) is 0 Å². The molecule has 0 saturated carbocycles. The number of nitrogens with zero attached hydrogens (tertiary/aromatic N) is 1. The molecule has 1 heterocycles. The second-order valence-corrected chi connectivity index (χ2v) is 3.74. The number of hydrogen-bond donors (Lipinski definition) is 1. The molecular formula is C11H18N2O4. The number of H-pyrrole nitrogens is 1. The highest BCUT2D eigenvalue weighted by molar-refractivity contribution is 4.83. The molecule has 0 aromatic carbocycles. The van der Waals surface area contributed by atoms with Gasteiger partial charge in [0.2, 0.25) is 0 Å². The highest BCUT2D eigenvalue weighted by Gasteiger charge is 2.13. The molecule has 1 N–H and O–H groups in total. The molecule has 0 fully saturated rings. The molecular weight excluding hydrogens is 224 g/mol. The van der Waals surface area contributed by atoms with Crippen molar-refractivity contribution in [2.45, 2.75) is 32.6 Å². The van der Waals surface area contributed by atoms with E-state index < -0.39 is 17.5 Å². The van der Waals surface area contributed by atoms with Crippen LogP contribution < -0.4 is 11.2 Å². The van der Waals surface area contributed by atoms with Gasteiger partial charge in [-0.1, -0.05) is 6.92 Å². The third kappa shape index (κ3) is 3.83. The SMILES string of the molecule is CCC(COC)OC(C)n1ccc(=O)[nH]c1=O. The van der Waals surface area contributed by atoms with Gasteiger partial charge in [-0.3, -0.25) is 14.3 Å². The first-order chi connectivity index (χ1) is 8.08. The lowest BCUT2D eigenvalue weighted by atomic mass is 10.3. The van der Waals surface area contributed by atoms with Gasteiger partial charge in [0.1, 0.15) is 6.23 Å². The van der Waals surface area contributed by atoms with Crippen LogP contribution in [0.2, 0.25) is 0 Å². The molecule has 2 atom stereocenters. The highest BCUT2D eigenvalue weighted by Crippen LogP contribution is 2.10. The minimum atomic E-state index is -0.475. The summed E-state index contributed by atoms with van der Waals surface area (Å²) in [5.41, 5.74) is -0.889. The van der Waals surface area contributed by atoms with E-state index in [1.165, 1.54) is 16.8 Å². The Bertz CT molecular complexity index is 451. The summed E-state index contributed by atoms with van der Waals surface area (Å²) in [6, 6.07) is 1.29. The first-order valence-corrected chi connectivity index (χ1v) is 5.54. The maximum absolute atomic E-state index is 11.5. The van der Waals surface area contributed by atoms with Crippen molar-refractivity contribution < 1.29 is 9.47 Å². The van der Waals surface area contributed by atoms with Crippen molar-refractivity contribution in [2.75, 3.05) is 13.7 Å². The molecule has 0 bridgehead atoms. The summed E-state index contributed by atoms with van der Waals surface area (Å²) >= 11 is 0. The zero-order valence-corrected chi connectivity index (χ0v) is 10.3. The van der Waals surface area contributed by atoms with Gasteiger partial charge in [0.05, 0.1) is 12.7 Å². The van der Waals surface area contributed by atoms with Crippen LogP contribution in [-0.4, -0.2) is 29.4 Å². The van der Waals surface area contributed by atoms with Crippen LogP contribution in [0.3, 0.4) is 0 Å². The zero-order chi connectivity index (χ0) is 12.8. The van der Waals surface area contributed by atoms with Crippen LogP contribution >= 0.6 is 0 Å². The molecule has 6 heteroatoms. The minimum absolute atomic E-state index is 0.0752. The van der Waals surface area contributed by atoms with E-state index >= 15 is 0 Å². The number of ether oxygens (including phenoxy) is 2. The fourth-order valence-electron chi connectivity index (χ4n) is 1.50. The Labute approximate surface area is 99.2 Å². The molecule has 0 aliphatic rings. The molecule has 0 amide bonds. The first-order valence-electron chi connectivity index (χ1n) is 5.54. The maximum atomic E-state index is 11.5. The second-order valence-electron chi connectivity index (χ2n) is 3.74. The summed E-state index contributed by atoms with van der Waals surface area (Å²) in [6.07, 6.45) is 1.69. The highest BCUT2D eigenvalue weighted by atomic mass is 16.5. The minimum Gasteiger partial charge on any atom is -0.382 e. The summed E-state index contributed by atoms with van der Waals surface area (Å²) in [7, 11) is 1.60. The van der Waals surface area contributed by atoms with E-state index in [2.05, 4.69) is 4.98 Å². The molecule has 0 aliphatic carbocycles. The summed E-state index contributed by atoms with van der Waals surface area (Å²) in [4.78, 5) is 24.6. The topological polar surface area (TPSA) is 73.3 Å². The van der Waals surface area contributed by atoms with Crippen molar-refractivity contribution in [3.8, 4) is 0 Å². The third-order valence-corrected chi connectivity index (χ3v) is 2.44. The molecule has 96 valence electrons. The van der Waals surface area contributed by atoms with Gasteiger partial charge < -0.3 is 9.47 Å². The Morgan fingerprint density at radius 3 is 2.71 bits per heavy atom. The molecule has 0 spiro atoms. The fourth-order valence-corrected chi connectivity index (χ4v) is 1.50. The number of aromatic amines is 1. The number of methoxy groups -OCH3 is 1. The van der Waals surface area contributed by atoms with Gasteiger partial charge in [-0.25, -0.2) is 4.79 Å². The molecule has 17 heavy (non-hydrogen) atoms. The van der Waals surface area contributed by atoms with Gasteiger partial charge in [-0.05, 0) is 13.3 Å². The number of rotatable bonds is 6. The Kier molecular flexibility index (Phi) is 5.11. The Balaban J connectivity index is 2.78. The van der Waals surface area contributed by atoms with E-state index in [9.17, 15) is 9.59 Å². The van der Waals surface area contributed by atoms with Crippen molar-refractivity contribution in [3.05, 3.63) is 33.1 Å². The normalized spacial score (nSPS) is 14.5. The predicted molar refractivity (Wildman–Crippen MR) is 63.1 cm³/mol. The Morgan fingerprint density at radius 1 is 1.47 bits per heavy atom. The molecule has 0 radical (unpaired) electrons. The van der Waals surface area contributed by atoms with E-state index in [1.54, 1.807) is 14.0 Å². The van der Waals surface area contributed by atoms with Crippen LogP contribution in [0.5, 0.6) is 0 Å². The number of hydrogen-bond acceptors (Lipinski definition) is 4. The second kappa shape index (κ2) is 6.36. The van der Waals surface area contributed by atoms with Crippen LogP contribution in [0, 0.1) is 0 Å². The predicted octanol–water partition coefficient (Wildman–Crippen LogP) is 0.497. The largest absolute Gasteiger partial charge is 0.382 e. The van der Waals surface area contributed by atoms with Crippen molar-refractivity contribution in [2.24, 2.45) is 0 Å². The standard InChI is InChI=1S/C11H18N2O4/c1-4-9(7-16-3)17-8(2)13-6-5-10(14)12-11(13)15/h5-6,8-9H,4,7H2,1-3H3,(H,12,14,15). The van der Waals surface area contributed by atoms with E-state index in [0.29, 0.717) is 6.61 Å². The quantitative estimate of drug-likeness (QED) is 0.788. The molecule has 1 rings (SSSR count). The van der Waals surface area contributed by atoms with Gasteiger partial charge in [0.15, 0.2) is 0 Å². The average Bonchev–Trinajstić information content (AvgIpc) is 2.28. The lowest BCUT2D eigenvalue weighted by molar-refractivity contribution is -0.0752. The first kappa shape index (κ1) is 13.7. The molecule has 0 aliphatic heterocycles. The smallest absolute Gasteiger partial charge is 0.330 e. The Hall–Kier alpha value is -1.40. The average molecular weight is 242 g/mol. The number of aromatic nitrogens is 2. The lowest BCUT2D eigenvalue weighted by Gasteiger charge is -2.21. The summed E-state index contributed by atoms with van der Waals surface area (Å²) in [6.45, 7) is 4.20. The third-order valence-electron chi connectivity index (χ3n) is 2.44. The van der Waals surface area contributed by atoms with E-state index in [4.69, 9.17) is 9.47 Å². The fraction of sp³-hybridized carbons (Fsp3) is 0.636. The maximum Gasteiger partial charge on any atom is 0.330 e. The summed E-state index contributed by atoms with van der Waals surface area (Å²) < 4.78 is 12.0. The zero-order valence-electron chi connectivity index (χ0n) is 10.3. The molecule has 1 aromatic heterocycles. The van der Waals surface area contributed by atoms with Crippen molar-refractivity contribution in [1.29, 1.82) is 0 Å². The number of nitrogens with one attached hydrogen (secondary N) is 1. The monoisotopic (exact) mass is 242 g/mol. The lowest BCUT2D eigenvalue weighted by Crippen LogP contribution is -2.33.